The zero-order valence-corrected chi connectivity index (χ0v) is 10.0. The fourth-order valence-electron chi connectivity index (χ4n) is 3.56. The number of aliphatic hydroxyl groups is 1. The highest BCUT2D eigenvalue weighted by atomic mass is 16.3. The van der Waals surface area contributed by atoms with Crippen molar-refractivity contribution in [3.63, 3.8) is 0 Å². The summed E-state index contributed by atoms with van der Waals surface area (Å²) in [5.41, 5.74) is 5.17. The fraction of sp³-hybridized carbons (Fsp3) is 0.923. The molecule has 0 amide bonds. The summed E-state index contributed by atoms with van der Waals surface area (Å²) in [6.45, 7) is 0.567. The van der Waals surface area contributed by atoms with Gasteiger partial charge in [-0.3, -0.25) is 4.79 Å². The van der Waals surface area contributed by atoms with Gasteiger partial charge in [-0.1, -0.05) is 19.3 Å². The van der Waals surface area contributed by atoms with E-state index in [2.05, 4.69) is 0 Å². The molecule has 0 heterocycles. The van der Waals surface area contributed by atoms with E-state index in [0.717, 1.165) is 12.8 Å². The maximum Gasteiger partial charge on any atom is 0.133 e. The summed E-state index contributed by atoms with van der Waals surface area (Å²) < 4.78 is 0. The Morgan fingerprint density at radius 2 is 1.62 bits per heavy atom. The van der Waals surface area contributed by atoms with Crippen LogP contribution >= 0.6 is 0 Å². The minimum atomic E-state index is -0.671. The lowest BCUT2D eigenvalue weighted by atomic mass is 9.58. The molecule has 0 atom stereocenters. The second-order valence-corrected chi connectivity index (χ2v) is 5.62. The van der Waals surface area contributed by atoms with Gasteiger partial charge in [0.05, 0.1) is 5.60 Å². The molecule has 0 aromatic rings. The Balaban J connectivity index is 2.15. The second kappa shape index (κ2) is 4.46. The molecular formula is C13H23NO2. The van der Waals surface area contributed by atoms with Crippen LogP contribution in [0.4, 0.5) is 0 Å². The fourth-order valence-corrected chi connectivity index (χ4v) is 3.56. The minimum absolute atomic E-state index is 0.105. The molecule has 0 aromatic heterocycles. The number of hydrogen-bond donors (Lipinski definition) is 2. The molecule has 2 aliphatic rings. The monoisotopic (exact) mass is 225 g/mol. The molecule has 2 aliphatic carbocycles. The first-order valence-corrected chi connectivity index (χ1v) is 6.56. The number of carbonyl (C=O) groups is 1. The molecule has 0 bridgehead atoms. The van der Waals surface area contributed by atoms with E-state index < -0.39 is 5.60 Å². The average Bonchev–Trinajstić information content (AvgIpc) is 2.34. The molecule has 0 aromatic carbocycles. The molecule has 2 saturated carbocycles. The first-order chi connectivity index (χ1) is 7.62. The van der Waals surface area contributed by atoms with Crippen LogP contribution < -0.4 is 5.73 Å². The van der Waals surface area contributed by atoms with Crippen LogP contribution in [0, 0.1) is 5.41 Å². The molecule has 16 heavy (non-hydrogen) atoms. The molecule has 0 unspecified atom stereocenters. The highest BCUT2D eigenvalue weighted by molar-refractivity contribution is 5.79. The van der Waals surface area contributed by atoms with E-state index >= 15 is 0 Å². The van der Waals surface area contributed by atoms with E-state index in [1.54, 1.807) is 0 Å². The van der Waals surface area contributed by atoms with Crippen LogP contribution in [-0.4, -0.2) is 23.0 Å². The normalized spacial score (nSPS) is 29.0. The van der Waals surface area contributed by atoms with Crippen molar-refractivity contribution in [3.8, 4) is 0 Å². The lowest BCUT2D eigenvalue weighted by molar-refractivity contribution is -0.143. The number of carbonyl (C=O) groups excluding carboxylic acids is 1. The van der Waals surface area contributed by atoms with Gasteiger partial charge in [0.1, 0.15) is 5.78 Å². The van der Waals surface area contributed by atoms with Gasteiger partial charge in [0.15, 0.2) is 0 Å². The number of ketones is 1. The summed E-state index contributed by atoms with van der Waals surface area (Å²) in [7, 11) is 0. The van der Waals surface area contributed by atoms with E-state index in [1.165, 1.54) is 19.3 Å². The lowest BCUT2D eigenvalue weighted by Gasteiger charge is -2.51. The van der Waals surface area contributed by atoms with Gasteiger partial charge in [-0.05, 0) is 25.7 Å². The molecule has 0 saturated heterocycles. The van der Waals surface area contributed by atoms with Gasteiger partial charge in [0, 0.05) is 24.8 Å². The molecule has 3 N–H and O–H groups in total. The molecule has 2 rings (SSSR count). The van der Waals surface area contributed by atoms with Gasteiger partial charge < -0.3 is 10.8 Å². The first kappa shape index (κ1) is 12.1. The maximum atomic E-state index is 11.3. The zero-order chi connectivity index (χ0) is 11.6. The quantitative estimate of drug-likeness (QED) is 0.753. The largest absolute Gasteiger partial charge is 0.389 e. The standard InChI is InChI=1S/C13H23NO2/c14-10-12(6-2-1-3-7-12)13(16)8-4-11(15)5-9-13/h16H,1-10,14H2. The highest BCUT2D eigenvalue weighted by Gasteiger charge is 2.50. The van der Waals surface area contributed by atoms with Crippen LogP contribution in [0.25, 0.3) is 0 Å². The molecular weight excluding hydrogens is 202 g/mol. The summed E-state index contributed by atoms with van der Waals surface area (Å²) >= 11 is 0. The molecule has 0 radical (unpaired) electrons. The average molecular weight is 225 g/mol. The van der Waals surface area contributed by atoms with Crippen LogP contribution in [0.1, 0.15) is 57.8 Å². The predicted molar refractivity (Wildman–Crippen MR) is 63.0 cm³/mol. The van der Waals surface area contributed by atoms with Crippen LogP contribution in [-0.2, 0) is 4.79 Å². The van der Waals surface area contributed by atoms with Crippen LogP contribution in [0.3, 0.4) is 0 Å². The molecule has 3 nitrogen and oxygen atoms in total. The Hall–Kier alpha value is -0.410. The van der Waals surface area contributed by atoms with Crippen molar-refractivity contribution in [2.24, 2.45) is 11.1 Å². The molecule has 0 spiro atoms. The van der Waals surface area contributed by atoms with Crippen molar-refractivity contribution >= 4 is 5.78 Å². The number of rotatable bonds is 2. The Kier molecular flexibility index (Phi) is 3.36. The minimum Gasteiger partial charge on any atom is -0.389 e. The number of nitrogens with two attached hydrogens (primary N) is 1. The Morgan fingerprint density at radius 1 is 1.06 bits per heavy atom. The predicted octanol–water partition coefficient (Wildman–Crippen LogP) is 1.77. The maximum absolute atomic E-state index is 11.3. The third-order valence-corrected chi connectivity index (χ3v) is 4.82. The lowest BCUT2D eigenvalue weighted by Crippen LogP contribution is -2.55. The first-order valence-electron chi connectivity index (χ1n) is 6.56. The smallest absolute Gasteiger partial charge is 0.133 e. The SMILES string of the molecule is NCC1(C2(O)CCC(=O)CC2)CCCCC1. The van der Waals surface area contributed by atoms with Crippen LogP contribution in [0.2, 0.25) is 0 Å². The molecule has 92 valence electrons. The van der Waals surface area contributed by atoms with E-state index in [9.17, 15) is 9.90 Å². The topological polar surface area (TPSA) is 63.3 Å². The molecule has 0 aliphatic heterocycles. The van der Waals surface area contributed by atoms with Crippen molar-refractivity contribution in [2.75, 3.05) is 6.54 Å². The summed E-state index contributed by atoms with van der Waals surface area (Å²) in [5, 5.41) is 10.8. The van der Waals surface area contributed by atoms with E-state index in [4.69, 9.17) is 5.73 Å². The van der Waals surface area contributed by atoms with Crippen LogP contribution in [0.5, 0.6) is 0 Å². The van der Waals surface area contributed by atoms with Crippen molar-refractivity contribution in [3.05, 3.63) is 0 Å². The van der Waals surface area contributed by atoms with Crippen molar-refractivity contribution < 1.29 is 9.90 Å². The number of Topliss-reactive ketones (excluding diaryl/α,β-unsaturated/α-hetero) is 1. The zero-order valence-electron chi connectivity index (χ0n) is 10.0. The van der Waals surface area contributed by atoms with Gasteiger partial charge in [0.25, 0.3) is 0 Å². The van der Waals surface area contributed by atoms with Gasteiger partial charge in [-0.2, -0.15) is 0 Å². The van der Waals surface area contributed by atoms with Crippen molar-refractivity contribution in [1.82, 2.24) is 0 Å². The van der Waals surface area contributed by atoms with E-state index in [1.807, 2.05) is 0 Å². The van der Waals surface area contributed by atoms with Crippen LogP contribution in [0.15, 0.2) is 0 Å². The Labute approximate surface area is 97.4 Å². The third kappa shape index (κ3) is 1.91. The summed E-state index contributed by atoms with van der Waals surface area (Å²) in [5.74, 6) is 0.299. The Morgan fingerprint density at radius 3 is 2.12 bits per heavy atom. The van der Waals surface area contributed by atoms with Crippen molar-refractivity contribution in [1.29, 1.82) is 0 Å². The molecule has 3 heteroatoms. The van der Waals surface area contributed by atoms with Gasteiger partial charge in [-0.25, -0.2) is 0 Å². The second-order valence-electron chi connectivity index (χ2n) is 5.62. The van der Waals surface area contributed by atoms with Gasteiger partial charge in [0.2, 0.25) is 0 Å². The molecule has 2 fully saturated rings. The van der Waals surface area contributed by atoms with E-state index in [-0.39, 0.29) is 5.41 Å². The van der Waals surface area contributed by atoms with Gasteiger partial charge in [-0.15, -0.1) is 0 Å². The Bertz CT molecular complexity index is 259. The highest BCUT2D eigenvalue weighted by Crippen LogP contribution is 2.49. The van der Waals surface area contributed by atoms with Crippen molar-refractivity contribution in [2.45, 2.75) is 63.4 Å². The summed E-state index contributed by atoms with van der Waals surface area (Å²) in [6, 6.07) is 0. The van der Waals surface area contributed by atoms with Gasteiger partial charge >= 0.3 is 0 Å². The summed E-state index contributed by atoms with van der Waals surface area (Å²) in [6.07, 6.45) is 8.02. The summed E-state index contributed by atoms with van der Waals surface area (Å²) in [4.78, 5) is 11.3. The number of hydrogen-bond acceptors (Lipinski definition) is 3. The van der Waals surface area contributed by atoms with E-state index in [0.29, 0.717) is 38.0 Å². The third-order valence-electron chi connectivity index (χ3n) is 4.82.